The molecule has 0 aliphatic carbocycles. The Morgan fingerprint density at radius 2 is 1.72 bits per heavy atom. The fourth-order valence-electron chi connectivity index (χ4n) is 3.03. The van der Waals surface area contributed by atoms with Crippen LogP contribution in [-0.2, 0) is 11.0 Å². The van der Waals surface area contributed by atoms with Gasteiger partial charge < -0.3 is 20.9 Å². The number of anilines is 2. The van der Waals surface area contributed by atoms with E-state index < -0.39 is 25.1 Å². The van der Waals surface area contributed by atoms with E-state index in [1.807, 2.05) is 12.1 Å². The molecule has 0 saturated carbocycles. The summed E-state index contributed by atoms with van der Waals surface area (Å²) in [7, 11) is -2.37. The van der Waals surface area contributed by atoms with Crippen LogP contribution in [-0.4, -0.2) is 38.1 Å². The predicted molar refractivity (Wildman–Crippen MR) is 128 cm³/mol. The van der Waals surface area contributed by atoms with Crippen LogP contribution in [0.3, 0.4) is 0 Å². The maximum atomic E-state index is 13.5. The fourth-order valence-corrected chi connectivity index (χ4v) is 3.90. The highest BCUT2D eigenvalue weighted by atomic mass is 31.2. The van der Waals surface area contributed by atoms with Crippen molar-refractivity contribution >= 4 is 29.7 Å². The lowest BCUT2D eigenvalue weighted by atomic mass is 10.1. The van der Waals surface area contributed by atoms with Crippen molar-refractivity contribution in [3.05, 3.63) is 65.7 Å². The van der Waals surface area contributed by atoms with Gasteiger partial charge in [0, 0.05) is 23.2 Å². The summed E-state index contributed by atoms with van der Waals surface area (Å²) in [5.74, 6) is -0.223. The van der Waals surface area contributed by atoms with E-state index in [0.717, 1.165) is 16.9 Å². The van der Waals surface area contributed by atoms with Crippen LogP contribution in [0.2, 0.25) is 0 Å². The first-order valence-electron chi connectivity index (χ1n) is 10.2. The summed E-state index contributed by atoms with van der Waals surface area (Å²) in [5, 5.41) is 6.68. The first-order valence-corrected chi connectivity index (χ1v) is 12.8. The Bertz CT molecular complexity index is 993. The van der Waals surface area contributed by atoms with E-state index in [1.54, 1.807) is 56.7 Å². The van der Waals surface area contributed by atoms with E-state index in [4.69, 9.17) is 5.73 Å². The largest absolute Gasteiger partial charge is 0.419 e. The van der Waals surface area contributed by atoms with Crippen molar-refractivity contribution in [3.63, 3.8) is 0 Å². The van der Waals surface area contributed by atoms with Gasteiger partial charge in [0.25, 0.3) is 0 Å². The number of allylic oxidation sites excluding steroid dienone is 1. The zero-order valence-electron chi connectivity index (χ0n) is 18.7. The van der Waals surface area contributed by atoms with Gasteiger partial charge in [-0.25, -0.2) is 0 Å². The van der Waals surface area contributed by atoms with Crippen LogP contribution in [0.5, 0.6) is 0 Å². The number of amidine groups is 1. The third kappa shape index (κ3) is 7.75. The number of nitrogens with one attached hydrogen (secondary N) is 2. The van der Waals surface area contributed by atoms with Crippen LogP contribution < -0.4 is 21.7 Å². The molecule has 32 heavy (non-hydrogen) atoms. The van der Waals surface area contributed by atoms with Gasteiger partial charge in [-0.05, 0) is 75.6 Å². The van der Waals surface area contributed by atoms with Crippen molar-refractivity contribution in [1.82, 2.24) is 5.32 Å². The average Bonchev–Trinajstić information content (AvgIpc) is 2.68. The number of nitrogen functional groups attached to an aromatic ring is 1. The van der Waals surface area contributed by atoms with Gasteiger partial charge in [-0.3, -0.25) is 4.99 Å². The molecule has 4 N–H and O–H groups in total. The van der Waals surface area contributed by atoms with Gasteiger partial charge in [-0.15, -0.1) is 0 Å². The average molecular weight is 466 g/mol. The summed E-state index contributed by atoms with van der Waals surface area (Å²) in [6.45, 7) is 6.59. The van der Waals surface area contributed by atoms with Crippen molar-refractivity contribution < 1.29 is 17.7 Å². The van der Waals surface area contributed by atoms with Gasteiger partial charge in [0.1, 0.15) is 13.0 Å². The highest BCUT2D eigenvalue weighted by Gasteiger charge is 2.36. The molecule has 0 aliphatic rings. The number of benzene rings is 2. The minimum atomic E-state index is -4.54. The molecule has 0 aliphatic heterocycles. The van der Waals surface area contributed by atoms with E-state index in [0.29, 0.717) is 17.8 Å². The molecule has 1 unspecified atom stereocenters. The van der Waals surface area contributed by atoms with Crippen molar-refractivity contribution in [2.45, 2.75) is 32.6 Å². The van der Waals surface area contributed by atoms with Crippen molar-refractivity contribution in [1.29, 1.82) is 0 Å². The summed E-state index contributed by atoms with van der Waals surface area (Å²) >= 11 is 0. The summed E-state index contributed by atoms with van der Waals surface area (Å²) in [6.07, 6.45) is -3.58. The second-order valence-electron chi connectivity index (χ2n) is 7.83. The maximum absolute atomic E-state index is 13.5. The molecule has 2 rings (SSSR count). The summed E-state index contributed by atoms with van der Waals surface area (Å²) in [6, 6.07) is 14.2. The quantitative estimate of drug-likeness (QED) is 0.168. The Hall–Kier alpha value is -2.73. The SMILES string of the molecule is C/C=C(\C(=NCCc1ccc(N)cc1)NC(C)Nc1ccc(P(C)(C)=O)cc1)C(F)(F)F. The summed E-state index contributed by atoms with van der Waals surface area (Å²) in [4.78, 5) is 4.22. The second-order valence-corrected chi connectivity index (χ2v) is 11.0. The molecular weight excluding hydrogens is 436 g/mol. The molecule has 2 aromatic carbocycles. The third-order valence-corrected chi connectivity index (χ3v) is 6.27. The van der Waals surface area contributed by atoms with Gasteiger partial charge in [-0.2, -0.15) is 13.2 Å². The third-order valence-electron chi connectivity index (χ3n) is 4.72. The Labute approximate surface area is 187 Å². The zero-order valence-corrected chi connectivity index (χ0v) is 19.6. The minimum absolute atomic E-state index is 0.184. The molecule has 0 bridgehead atoms. The molecule has 2 aromatic rings. The van der Waals surface area contributed by atoms with Gasteiger partial charge in [-0.1, -0.05) is 18.2 Å². The smallest absolute Gasteiger partial charge is 0.399 e. The predicted octanol–water partition coefficient (Wildman–Crippen LogP) is 5.01. The summed E-state index contributed by atoms with van der Waals surface area (Å²) < 4.78 is 52.8. The molecule has 0 aromatic heterocycles. The van der Waals surface area contributed by atoms with E-state index in [9.17, 15) is 17.7 Å². The van der Waals surface area contributed by atoms with Crippen molar-refractivity contribution in [2.75, 3.05) is 30.9 Å². The number of hydrogen-bond acceptors (Lipinski definition) is 4. The van der Waals surface area contributed by atoms with E-state index in [2.05, 4.69) is 15.6 Å². The van der Waals surface area contributed by atoms with Crippen LogP contribution in [0.25, 0.3) is 0 Å². The van der Waals surface area contributed by atoms with Crippen LogP contribution in [0, 0.1) is 0 Å². The van der Waals surface area contributed by atoms with Gasteiger partial charge >= 0.3 is 6.18 Å². The Morgan fingerprint density at radius 1 is 1.12 bits per heavy atom. The van der Waals surface area contributed by atoms with E-state index >= 15 is 0 Å². The van der Waals surface area contributed by atoms with E-state index in [1.165, 1.54) is 6.92 Å². The molecule has 9 heteroatoms. The molecule has 174 valence electrons. The highest BCUT2D eigenvalue weighted by molar-refractivity contribution is 7.70. The molecular formula is C23H30F3N4OP. The molecule has 0 fully saturated rings. The number of rotatable bonds is 8. The second kappa shape index (κ2) is 10.7. The van der Waals surface area contributed by atoms with Crippen molar-refractivity contribution in [3.8, 4) is 0 Å². The Balaban J connectivity index is 2.14. The minimum Gasteiger partial charge on any atom is -0.399 e. The van der Waals surface area contributed by atoms with Crippen LogP contribution in [0.1, 0.15) is 19.4 Å². The first-order chi connectivity index (χ1) is 14.9. The topological polar surface area (TPSA) is 79.5 Å². The standard InChI is InChI=1S/C23H30F3N4OP/c1-5-21(23(24,25)26)22(28-15-14-17-6-8-18(27)9-7-17)30-16(2)29-19-10-12-20(13-11-19)32(3,4)31/h5-13,16,29H,14-15,27H2,1-4H3,(H,28,30)/b21-5+. The zero-order chi connectivity index (χ0) is 23.9. The Kier molecular flexibility index (Phi) is 8.56. The molecule has 0 heterocycles. The molecule has 0 amide bonds. The van der Waals surface area contributed by atoms with Crippen LogP contribution in [0.4, 0.5) is 24.5 Å². The number of nitrogens with zero attached hydrogens (tertiary/aromatic N) is 1. The van der Waals surface area contributed by atoms with Crippen molar-refractivity contribution in [2.24, 2.45) is 4.99 Å². The van der Waals surface area contributed by atoms with Crippen LogP contribution >= 0.6 is 7.14 Å². The molecule has 0 spiro atoms. The lowest BCUT2D eigenvalue weighted by Gasteiger charge is -2.22. The number of alkyl halides is 3. The lowest BCUT2D eigenvalue weighted by molar-refractivity contribution is -0.0865. The molecule has 0 saturated heterocycles. The molecule has 0 radical (unpaired) electrons. The molecule has 1 atom stereocenters. The number of hydrogen-bond donors (Lipinski definition) is 3. The maximum Gasteiger partial charge on any atom is 0.419 e. The number of aliphatic imine (C=N–C) groups is 1. The monoisotopic (exact) mass is 466 g/mol. The number of nitrogens with two attached hydrogens (primary N) is 1. The number of halogens is 3. The molecule has 5 nitrogen and oxygen atoms in total. The fraction of sp³-hybridized carbons (Fsp3) is 0.348. The van der Waals surface area contributed by atoms with Gasteiger partial charge in [0.2, 0.25) is 0 Å². The first kappa shape index (κ1) is 25.5. The highest BCUT2D eigenvalue weighted by Crippen LogP contribution is 2.34. The normalized spacial score (nSPS) is 14.2. The van der Waals surface area contributed by atoms with Gasteiger partial charge in [0.15, 0.2) is 0 Å². The van der Waals surface area contributed by atoms with Crippen LogP contribution in [0.15, 0.2) is 65.2 Å². The van der Waals surface area contributed by atoms with Gasteiger partial charge in [0.05, 0.1) is 11.7 Å². The summed E-state index contributed by atoms with van der Waals surface area (Å²) in [5.41, 5.74) is 7.10. The van der Waals surface area contributed by atoms with E-state index in [-0.39, 0.29) is 12.4 Å². The Morgan fingerprint density at radius 3 is 2.22 bits per heavy atom. The lowest BCUT2D eigenvalue weighted by Crippen LogP contribution is -2.42.